The van der Waals surface area contributed by atoms with Gasteiger partial charge >= 0.3 is 0 Å². The highest BCUT2D eigenvalue weighted by Crippen LogP contribution is 2.27. The van der Waals surface area contributed by atoms with Crippen LogP contribution in [0.1, 0.15) is 18.3 Å². The van der Waals surface area contributed by atoms with Gasteiger partial charge in [0.25, 0.3) is 0 Å². The molecule has 0 spiro atoms. The van der Waals surface area contributed by atoms with Gasteiger partial charge in [0, 0.05) is 17.1 Å². The van der Waals surface area contributed by atoms with E-state index >= 15 is 0 Å². The molecule has 0 unspecified atom stereocenters. The lowest BCUT2D eigenvalue weighted by atomic mass is 10.2. The zero-order chi connectivity index (χ0) is 13.8. The fourth-order valence-corrected chi connectivity index (χ4v) is 2.00. The van der Waals surface area contributed by atoms with Crippen molar-refractivity contribution in [2.75, 3.05) is 11.9 Å². The van der Waals surface area contributed by atoms with Gasteiger partial charge < -0.3 is 10.1 Å². The van der Waals surface area contributed by atoms with E-state index in [1.165, 1.54) is 0 Å². The number of aryl methyl sites for hydroxylation is 2. The van der Waals surface area contributed by atoms with Crippen LogP contribution in [0.15, 0.2) is 28.7 Å². The second-order valence-corrected chi connectivity index (χ2v) is 5.10. The molecule has 0 saturated heterocycles. The van der Waals surface area contributed by atoms with Crippen LogP contribution in [0.3, 0.4) is 0 Å². The van der Waals surface area contributed by atoms with E-state index in [2.05, 4.69) is 31.2 Å². The molecule has 1 aromatic carbocycles. The van der Waals surface area contributed by atoms with Crippen LogP contribution in [0.4, 0.5) is 5.82 Å². The minimum absolute atomic E-state index is 0.546. The zero-order valence-corrected chi connectivity index (χ0v) is 12.8. The smallest absolute Gasteiger partial charge is 0.224 e. The molecule has 0 aliphatic carbocycles. The molecule has 0 amide bonds. The number of rotatable bonds is 4. The highest BCUT2D eigenvalue weighted by molar-refractivity contribution is 9.10. The van der Waals surface area contributed by atoms with Gasteiger partial charge in [-0.05, 0) is 38.5 Å². The Morgan fingerprint density at radius 2 is 2.00 bits per heavy atom. The Hall–Kier alpha value is -1.62. The Morgan fingerprint density at radius 3 is 2.74 bits per heavy atom. The third-order valence-corrected chi connectivity index (χ3v) is 3.03. The van der Waals surface area contributed by atoms with Crippen LogP contribution in [0, 0.1) is 13.8 Å². The molecule has 0 aliphatic heterocycles. The van der Waals surface area contributed by atoms with Gasteiger partial charge in [0.1, 0.15) is 17.4 Å². The molecule has 2 aromatic rings. The summed E-state index contributed by atoms with van der Waals surface area (Å²) < 4.78 is 6.81. The van der Waals surface area contributed by atoms with Crippen LogP contribution in [0.5, 0.6) is 11.6 Å². The molecule has 1 aromatic heterocycles. The van der Waals surface area contributed by atoms with Crippen molar-refractivity contribution in [3.8, 4) is 11.6 Å². The van der Waals surface area contributed by atoms with Crippen molar-refractivity contribution in [2.24, 2.45) is 0 Å². The molecular weight excluding hydrogens is 306 g/mol. The number of nitrogens with zero attached hydrogens (tertiary/aromatic N) is 2. The summed E-state index contributed by atoms with van der Waals surface area (Å²) in [7, 11) is 0. The largest absolute Gasteiger partial charge is 0.439 e. The fourth-order valence-electron chi connectivity index (χ4n) is 1.66. The van der Waals surface area contributed by atoms with E-state index in [0.29, 0.717) is 11.7 Å². The highest BCUT2D eigenvalue weighted by atomic mass is 79.9. The minimum Gasteiger partial charge on any atom is -0.439 e. The topological polar surface area (TPSA) is 47.0 Å². The van der Waals surface area contributed by atoms with Crippen molar-refractivity contribution in [3.05, 3.63) is 40.1 Å². The molecule has 0 aliphatic rings. The Labute approximate surface area is 121 Å². The van der Waals surface area contributed by atoms with E-state index in [1.54, 1.807) is 6.07 Å². The number of anilines is 1. The number of nitrogens with one attached hydrogen (secondary N) is 1. The summed E-state index contributed by atoms with van der Waals surface area (Å²) in [4.78, 5) is 8.59. The molecule has 100 valence electrons. The minimum atomic E-state index is 0.546. The van der Waals surface area contributed by atoms with Gasteiger partial charge in [-0.25, -0.2) is 4.98 Å². The van der Waals surface area contributed by atoms with Gasteiger partial charge in [0.05, 0.1) is 0 Å². The van der Waals surface area contributed by atoms with Crippen molar-refractivity contribution >= 4 is 21.7 Å². The Kier molecular flexibility index (Phi) is 4.37. The lowest BCUT2D eigenvalue weighted by Gasteiger charge is -2.10. The van der Waals surface area contributed by atoms with Crippen LogP contribution in [-0.4, -0.2) is 16.5 Å². The van der Waals surface area contributed by atoms with E-state index in [0.717, 1.165) is 28.1 Å². The Bertz CT molecular complexity index is 587. The monoisotopic (exact) mass is 321 g/mol. The van der Waals surface area contributed by atoms with E-state index in [4.69, 9.17) is 4.74 Å². The molecule has 0 bridgehead atoms. The van der Waals surface area contributed by atoms with Crippen LogP contribution >= 0.6 is 15.9 Å². The molecular formula is C14H16BrN3O. The Morgan fingerprint density at radius 1 is 1.21 bits per heavy atom. The number of aromatic nitrogens is 2. The molecule has 0 radical (unpaired) electrons. The average molecular weight is 322 g/mol. The van der Waals surface area contributed by atoms with Gasteiger partial charge in [-0.3, -0.25) is 0 Å². The summed E-state index contributed by atoms with van der Waals surface area (Å²) in [6, 6.07) is 7.71. The first kappa shape index (κ1) is 13.8. The maximum Gasteiger partial charge on any atom is 0.224 e. The summed E-state index contributed by atoms with van der Waals surface area (Å²) in [5.41, 5.74) is 1.06. The van der Waals surface area contributed by atoms with Crippen molar-refractivity contribution in [1.82, 2.24) is 9.97 Å². The Balaban J connectivity index is 2.29. The summed E-state index contributed by atoms with van der Waals surface area (Å²) >= 11 is 3.44. The van der Waals surface area contributed by atoms with E-state index in [1.807, 2.05) is 39.0 Å². The number of hydrogen-bond donors (Lipinski definition) is 1. The summed E-state index contributed by atoms with van der Waals surface area (Å²) in [5.74, 6) is 2.79. The molecule has 0 atom stereocenters. The van der Waals surface area contributed by atoms with Crippen molar-refractivity contribution < 1.29 is 4.74 Å². The molecule has 5 heteroatoms. The normalized spacial score (nSPS) is 10.3. The molecule has 1 N–H and O–H groups in total. The molecule has 1 heterocycles. The van der Waals surface area contributed by atoms with Gasteiger partial charge in [0.2, 0.25) is 5.88 Å². The molecule has 0 fully saturated rings. The maximum absolute atomic E-state index is 5.84. The van der Waals surface area contributed by atoms with Crippen molar-refractivity contribution in [3.63, 3.8) is 0 Å². The van der Waals surface area contributed by atoms with Crippen LogP contribution < -0.4 is 10.1 Å². The number of hydrogen-bond acceptors (Lipinski definition) is 4. The second-order valence-electron chi connectivity index (χ2n) is 4.18. The van der Waals surface area contributed by atoms with Gasteiger partial charge in [-0.15, -0.1) is 0 Å². The number of halogens is 1. The van der Waals surface area contributed by atoms with E-state index in [-0.39, 0.29) is 0 Å². The highest BCUT2D eigenvalue weighted by Gasteiger charge is 2.06. The SMILES string of the molecule is CCNc1cc(Oc2cc(Br)ccc2C)nc(C)n1. The van der Waals surface area contributed by atoms with Crippen LogP contribution in [0.2, 0.25) is 0 Å². The van der Waals surface area contributed by atoms with Gasteiger partial charge in [-0.1, -0.05) is 22.0 Å². The first-order valence-electron chi connectivity index (χ1n) is 6.12. The first-order chi connectivity index (χ1) is 9.08. The fraction of sp³-hybridized carbons (Fsp3) is 0.286. The van der Waals surface area contributed by atoms with Crippen molar-refractivity contribution in [2.45, 2.75) is 20.8 Å². The first-order valence-corrected chi connectivity index (χ1v) is 6.91. The zero-order valence-electron chi connectivity index (χ0n) is 11.2. The summed E-state index contributed by atoms with van der Waals surface area (Å²) in [6.45, 7) is 6.69. The van der Waals surface area contributed by atoms with Crippen LogP contribution in [-0.2, 0) is 0 Å². The second kappa shape index (κ2) is 6.02. The number of ether oxygens (including phenoxy) is 1. The third kappa shape index (κ3) is 3.67. The van der Waals surface area contributed by atoms with E-state index < -0.39 is 0 Å². The lowest BCUT2D eigenvalue weighted by molar-refractivity contribution is 0.456. The predicted octanol–water partition coefficient (Wildman–Crippen LogP) is 4.08. The molecule has 4 nitrogen and oxygen atoms in total. The molecule has 19 heavy (non-hydrogen) atoms. The predicted molar refractivity (Wildman–Crippen MR) is 79.9 cm³/mol. The summed E-state index contributed by atoms with van der Waals surface area (Å²) in [5, 5.41) is 3.16. The number of benzene rings is 1. The molecule has 0 saturated carbocycles. The quantitative estimate of drug-likeness (QED) is 0.921. The standard InChI is InChI=1S/C14H16BrN3O/c1-4-16-13-8-14(18-10(3)17-13)19-12-7-11(15)6-5-9(12)2/h5-8H,4H2,1-3H3,(H,16,17,18). The maximum atomic E-state index is 5.84. The van der Waals surface area contributed by atoms with Gasteiger partial charge in [0.15, 0.2) is 0 Å². The average Bonchev–Trinajstić information content (AvgIpc) is 2.33. The summed E-state index contributed by atoms with van der Waals surface area (Å²) in [6.07, 6.45) is 0. The third-order valence-electron chi connectivity index (χ3n) is 2.54. The van der Waals surface area contributed by atoms with Crippen molar-refractivity contribution in [1.29, 1.82) is 0 Å². The lowest BCUT2D eigenvalue weighted by Crippen LogP contribution is -2.02. The van der Waals surface area contributed by atoms with Crippen LogP contribution in [0.25, 0.3) is 0 Å². The van der Waals surface area contributed by atoms with E-state index in [9.17, 15) is 0 Å². The molecule has 2 rings (SSSR count). The van der Waals surface area contributed by atoms with Gasteiger partial charge in [-0.2, -0.15) is 4.98 Å².